The van der Waals surface area contributed by atoms with Gasteiger partial charge in [-0.15, -0.1) is 0 Å². The molecule has 66 heavy (non-hydrogen) atoms. The molecule has 1 atom stereocenters. The van der Waals surface area contributed by atoms with Crippen LogP contribution in [0.5, 0.6) is 17.2 Å². The first-order chi connectivity index (χ1) is 31.8. The molecule has 0 spiro atoms. The molecular weight excluding hydrogens is 902 g/mol. The zero-order chi connectivity index (χ0) is 47.2. The van der Waals surface area contributed by atoms with Gasteiger partial charge in [-0.2, -0.15) is 4.98 Å². The average Bonchev–Trinajstić information content (AvgIpc) is 3.54. The van der Waals surface area contributed by atoms with Crippen LogP contribution in [0.25, 0.3) is 0 Å². The number of imide groups is 2. The van der Waals surface area contributed by atoms with Gasteiger partial charge in [0.05, 0.1) is 95.4 Å². The highest BCUT2D eigenvalue weighted by molar-refractivity contribution is 7.92. The number of benzene rings is 3. The number of rotatable bonds is 26. The fourth-order valence-corrected chi connectivity index (χ4v) is 7.71. The van der Waals surface area contributed by atoms with E-state index in [0.29, 0.717) is 98.8 Å². The normalized spacial score (nSPS) is 14.8. The van der Waals surface area contributed by atoms with Crippen molar-refractivity contribution in [3.63, 3.8) is 0 Å². The third kappa shape index (κ3) is 13.3. The zero-order valence-corrected chi connectivity index (χ0v) is 38.5. The molecule has 354 valence electrons. The fraction of sp³-hybridized carbons (Fsp3) is 0.409. The van der Waals surface area contributed by atoms with Crippen molar-refractivity contribution in [1.82, 2.24) is 20.2 Å². The van der Waals surface area contributed by atoms with Gasteiger partial charge >= 0.3 is 0 Å². The molecular formula is C44H52ClN7O13S. The monoisotopic (exact) mass is 953 g/mol. The van der Waals surface area contributed by atoms with Crippen LogP contribution in [0, 0.1) is 6.92 Å². The molecule has 4 aromatic rings. The summed E-state index contributed by atoms with van der Waals surface area (Å²) in [4.78, 5) is 60.1. The van der Waals surface area contributed by atoms with E-state index in [1.54, 1.807) is 43.5 Å². The first-order valence-corrected chi connectivity index (χ1v) is 23.2. The molecule has 1 aromatic heterocycles. The first-order valence-electron chi connectivity index (χ1n) is 20.9. The fourth-order valence-electron chi connectivity index (χ4n) is 7.01. The minimum Gasteiger partial charge on any atom is -0.497 e. The number of carbonyl (C=O) groups excluding carboxylic acids is 4. The van der Waals surface area contributed by atoms with E-state index in [2.05, 4.69) is 30.6 Å². The molecule has 0 radical (unpaired) electrons. The molecule has 0 saturated carbocycles. The Labute approximate surface area is 387 Å². The number of amides is 4. The Morgan fingerprint density at radius 3 is 2.17 bits per heavy atom. The Kier molecular flexibility index (Phi) is 17.5. The smallest absolute Gasteiger partial charge is 0.262 e. The Morgan fingerprint density at radius 1 is 0.803 bits per heavy atom. The predicted molar refractivity (Wildman–Crippen MR) is 243 cm³/mol. The van der Waals surface area contributed by atoms with Gasteiger partial charge in [0.2, 0.25) is 27.8 Å². The van der Waals surface area contributed by atoms with E-state index in [4.69, 9.17) is 44.8 Å². The number of halogens is 1. The van der Waals surface area contributed by atoms with Crippen LogP contribution < -0.4 is 34.9 Å². The van der Waals surface area contributed by atoms with Gasteiger partial charge in [0.1, 0.15) is 23.4 Å². The maximum atomic E-state index is 13.3. The van der Waals surface area contributed by atoms with E-state index in [9.17, 15) is 27.6 Å². The molecule has 3 heterocycles. The lowest BCUT2D eigenvalue weighted by Crippen LogP contribution is -2.54. The molecule has 20 nitrogen and oxygen atoms in total. The summed E-state index contributed by atoms with van der Waals surface area (Å²) in [5.41, 5.74) is 3.34. The minimum atomic E-state index is -3.61. The molecule has 1 saturated heterocycles. The number of hydrogen-bond donors (Lipinski definition) is 4. The van der Waals surface area contributed by atoms with Gasteiger partial charge in [0.15, 0.2) is 17.3 Å². The van der Waals surface area contributed by atoms with Crippen molar-refractivity contribution in [1.29, 1.82) is 0 Å². The van der Waals surface area contributed by atoms with Crippen molar-refractivity contribution in [3.05, 3.63) is 82.0 Å². The third-order valence-electron chi connectivity index (χ3n) is 10.2. The summed E-state index contributed by atoms with van der Waals surface area (Å²) in [7, 11) is -0.591. The van der Waals surface area contributed by atoms with Crippen LogP contribution in [-0.2, 0) is 45.0 Å². The molecule has 4 N–H and O–H groups in total. The Balaban J connectivity index is 0.844. The van der Waals surface area contributed by atoms with Gasteiger partial charge in [0.25, 0.3) is 11.8 Å². The SMILES string of the molecule is COc1ccc(Nc2nc(Nc3cc(OCCOCCOCCOCCOCCCc4cccc5c4C(=O)N(C4CCC(=O)NC4=O)C5=O)c(OC)cc3C)ncc2Cl)c(NS(C)(=O)=O)c1. The van der Waals surface area contributed by atoms with E-state index in [-0.39, 0.29) is 54.1 Å². The summed E-state index contributed by atoms with van der Waals surface area (Å²) >= 11 is 6.43. The van der Waals surface area contributed by atoms with Crippen LogP contribution in [0.4, 0.5) is 28.8 Å². The molecule has 4 amide bonds. The van der Waals surface area contributed by atoms with E-state index < -0.39 is 39.7 Å². The van der Waals surface area contributed by atoms with Crippen molar-refractivity contribution in [2.45, 2.75) is 38.6 Å². The van der Waals surface area contributed by atoms with Gasteiger partial charge in [-0.3, -0.25) is 34.1 Å². The number of piperidine rings is 1. The summed E-state index contributed by atoms with van der Waals surface area (Å²) in [6, 6.07) is 12.5. The van der Waals surface area contributed by atoms with Gasteiger partial charge in [-0.1, -0.05) is 23.7 Å². The lowest BCUT2D eigenvalue weighted by Gasteiger charge is -2.27. The van der Waals surface area contributed by atoms with Gasteiger partial charge in [0, 0.05) is 30.8 Å². The van der Waals surface area contributed by atoms with E-state index in [0.717, 1.165) is 16.7 Å². The number of nitrogens with zero attached hydrogens (tertiary/aromatic N) is 3. The summed E-state index contributed by atoms with van der Waals surface area (Å²) < 4.78 is 65.8. The molecule has 0 bridgehead atoms. The van der Waals surface area contributed by atoms with Crippen LogP contribution in [0.1, 0.15) is 51.1 Å². The van der Waals surface area contributed by atoms with E-state index in [1.807, 2.05) is 13.0 Å². The first kappa shape index (κ1) is 49.3. The number of anilines is 5. The lowest BCUT2D eigenvalue weighted by atomic mass is 9.99. The van der Waals surface area contributed by atoms with Crippen LogP contribution in [-0.4, -0.2) is 133 Å². The second-order valence-electron chi connectivity index (χ2n) is 14.9. The van der Waals surface area contributed by atoms with Crippen molar-refractivity contribution < 1.29 is 60.8 Å². The van der Waals surface area contributed by atoms with Crippen LogP contribution in [0.2, 0.25) is 5.02 Å². The minimum absolute atomic E-state index is 0.0637. The standard InChI is InChI=1S/C44H52ClN7O13S/c1-27-23-36(60-3)37(25-33(27)48-44-46-26-31(45)40(50-44)47-32-11-10-29(59-2)24-34(32)51-66(4,57)58)65-22-21-64-20-19-63-18-17-62-16-15-61-14-6-8-28-7-5-9-30-39(28)43(56)52(42(30)55)35-12-13-38(53)49-41(35)54/h5,7,9-11,23-26,35,51H,6,8,12-22H2,1-4H3,(H,49,53,54)(H2,46,47,48,50). The van der Waals surface area contributed by atoms with Crippen molar-refractivity contribution in [2.75, 3.05) is 95.3 Å². The number of aryl methyl sites for hydroxylation is 2. The second-order valence-corrected chi connectivity index (χ2v) is 17.1. The maximum absolute atomic E-state index is 13.3. The summed E-state index contributed by atoms with van der Waals surface area (Å²) in [5.74, 6) is -0.247. The highest BCUT2D eigenvalue weighted by Gasteiger charge is 2.45. The molecule has 1 fully saturated rings. The Morgan fingerprint density at radius 2 is 1.50 bits per heavy atom. The van der Waals surface area contributed by atoms with Gasteiger partial charge < -0.3 is 43.8 Å². The van der Waals surface area contributed by atoms with Gasteiger partial charge in [-0.25, -0.2) is 13.4 Å². The van der Waals surface area contributed by atoms with Crippen LogP contribution in [0.3, 0.4) is 0 Å². The summed E-state index contributed by atoms with van der Waals surface area (Å²) in [6.07, 6.45) is 3.73. The van der Waals surface area contributed by atoms with Crippen molar-refractivity contribution >= 4 is 74.1 Å². The lowest BCUT2D eigenvalue weighted by molar-refractivity contribution is -0.136. The third-order valence-corrected chi connectivity index (χ3v) is 11.0. The van der Waals surface area contributed by atoms with Crippen molar-refractivity contribution in [2.24, 2.45) is 0 Å². The highest BCUT2D eigenvalue weighted by Crippen LogP contribution is 2.36. The molecule has 6 rings (SSSR count). The topological polar surface area (TPSA) is 244 Å². The highest BCUT2D eigenvalue weighted by atomic mass is 35.5. The quantitative estimate of drug-likeness (QED) is 0.0488. The number of sulfonamides is 1. The Bertz CT molecular complexity index is 2510. The molecule has 3 aromatic carbocycles. The number of carbonyl (C=O) groups is 4. The number of ether oxygens (including phenoxy) is 7. The number of aromatic nitrogens is 2. The average molecular weight is 954 g/mol. The number of nitrogens with one attached hydrogen (secondary N) is 4. The maximum Gasteiger partial charge on any atom is 0.262 e. The summed E-state index contributed by atoms with van der Waals surface area (Å²) in [6.45, 7) is 5.00. The zero-order valence-electron chi connectivity index (χ0n) is 36.9. The van der Waals surface area contributed by atoms with E-state index in [1.165, 1.54) is 19.4 Å². The largest absolute Gasteiger partial charge is 0.497 e. The van der Waals surface area contributed by atoms with Crippen LogP contribution in [0.15, 0.2) is 54.7 Å². The van der Waals surface area contributed by atoms with Gasteiger partial charge in [-0.05, 0) is 61.6 Å². The molecule has 1 unspecified atom stereocenters. The number of methoxy groups -OCH3 is 2. The molecule has 2 aliphatic heterocycles. The molecule has 2 aliphatic rings. The predicted octanol–water partition coefficient (Wildman–Crippen LogP) is 4.79. The van der Waals surface area contributed by atoms with E-state index >= 15 is 0 Å². The Hall–Kier alpha value is -6.10. The van der Waals surface area contributed by atoms with Crippen molar-refractivity contribution in [3.8, 4) is 17.2 Å². The van der Waals surface area contributed by atoms with Crippen LogP contribution >= 0.6 is 11.6 Å². The number of hydrogen-bond acceptors (Lipinski definition) is 17. The molecule has 0 aliphatic carbocycles. The summed E-state index contributed by atoms with van der Waals surface area (Å²) in [5, 5.41) is 8.65. The number of fused-ring (bicyclic) bond motifs is 1. The molecule has 22 heteroatoms. The second kappa shape index (κ2) is 23.4.